The Balaban J connectivity index is 1.12. The summed E-state index contributed by atoms with van der Waals surface area (Å²) in [6, 6.07) is 22.2. The Labute approximate surface area is 189 Å². The fourth-order valence-corrected chi connectivity index (χ4v) is 4.09. The Morgan fingerprint density at radius 1 is 0.938 bits per heavy atom. The molecule has 1 fully saturated rings. The topological polar surface area (TPSA) is 54.0 Å². The Kier molecular flexibility index (Phi) is 7.46. The van der Waals surface area contributed by atoms with Gasteiger partial charge in [-0.25, -0.2) is 0 Å². The summed E-state index contributed by atoms with van der Waals surface area (Å²) in [6.45, 7) is 5.65. The van der Waals surface area contributed by atoms with Crippen LogP contribution in [0.3, 0.4) is 0 Å². The highest BCUT2D eigenvalue weighted by atomic mass is 16.5. The lowest BCUT2D eigenvalue weighted by Crippen LogP contribution is -2.47. The molecule has 0 atom stereocenters. The third-order valence-electron chi connectivity index (χ3n) is 5.86. The van der Waals surface area contributed by atoms with Gasteiger partial charge in [0.25, 0.3) is 5.91 Å². The number of anilines is 1. The number of amides is 1. The first-order chi connectivity index (χ1) is 15.7. The molecule has 1 N–H and O–H groups in total. The van der Waals surface area contributed by atoms with Gasteiger partial charge in [-0.05, 0) is 48.0 Å². The molecule has 0 spiro atoms. The number of nitrogens with one attached hydrogen (secondary N) is 1. The van der Waals surface area contributed by atoms with Crippen molar-refractivity contribution in [1.82, 2.24) is 10.2 Å². The van der Waals surface area contributed by atoms with Gasteiger partial charge in [-0.2, -0.15) is 0 Å². The average Bonchev–Trinajstić information content (AvgIpc) is 2.85. The van der Waals surface area contributed by atoms with E-state index in [0.29, 0.717) is 12.3 Å². The zero-order valence-electron chi connectivity index (χ0n) is 18.6. The Morgan fingerprint density at radius 2 is 1.69 bits per heavy atom. The SMILES string of the molecule is COc1ccccc1N1CCN(CCCNC(=O)COc2ccc3ccccc3c2)CC1. The summed E-state index contributed by atoms with van der Waals surface area (Å²) in [5.74, 6) is 1.56. The maximum Gasteiger partial charge on any atom is 0.257 e. The number of ether oxygens (including phenoxy) is 2. The van der Waals surface area contributed by atoms with E-state index in [4.69, 9.17) is 9.47 Å². The van der Waals surface area contributed by atoms with Gasteiger partial charge in [0, 0.05) is 32.7 Å². The molecular weight excluding hydrogens is 402 g/mol. The van der Waals surface area contributed by atoms with E-state index in [2.05, 4.69) is 33.3 Å². The lowest BCUT2D eigenvalue weighted by atomic mass is 10.1. The molecule has 168 valence electrons. The molecule has 1 aliphatic rings. The standard InChI is InChI=1S/C26H31N3O3/c1-31-25-10-5-4-9-24(25)29-17-15-28(16-18-29)14-6-13-27-26(30)20-32-23-12-11-21-7-2-3-8-22(21)19-23/h2-5,7-12,19H,6,13-18,20H2,1H3,(H,27,30). The largest absolute Gasteiger partial charge is 0.495 e. The van der Waals surface area contributed by atoms with Crippen molar-refractivity contribution in [2.75, 3.05) is 57.9 Å². The van der Waals surface area contributed by atoms with Crippen LogP contribution in [0.15, 0.2) is 66.7 Å². The second-order valence-corrected chi connectivity index (χ2v) is 8.00. The minimum absolute atomic E-state index is 0.0376. The molecule has 0 bridgehead atoms. The minimum atomic E-state index is -0.0841. The van der Waals surface area contributed by atoms with Crippen LogP contribution >= 0.6 is 0 Å². The van der Waals surface area contributed by atoms with Crippen LogP contribution in [-0.4, -0.2) is 63.8 Å². The van der Waals surface area contributed by atoms with Crippen LogP contribution in [0.25, 0.3) is 10.8 Å². The van der Waals surface area contributed by atoms with Crippen LogP contribution in [0.1, 0.15) is 6.42 Å². The Hall–Kier alpha value is -3.25. The molecule has 3 aromatic carbocycles. The number of piperazine rings is 1. The van der Waals surface area contributed by atoms with E-state index < -0.39 is 0 Å². The molecule has 0 aromatic heterocycles. The Morgan fingerprint density at radius 3 is 2.50 bits per heavy atom. The number of carbonyl (C=O) groups is 1. The zero-order chi connectivity index (χ0) is 22.2. The number of rotatable bonds is 9. The molecule has 0 aliphatic carbocycles. The maximum atomic E-state index is 12.1. The van der Waals surface area contributed by atoms with E-state index in [1.165, 1.54) is 0 Å². The predicted molar refractivity (Wildman–Crippen MR) is 129 cm³/mol. The van der Waals surface area contributed by atoms with E-state index in [-0.39, 0.29) is 12.5 Å². The van der Waals surface area contributed by atoms with Gasteiger partial charge in [-0.15, -0.1) is 0 Å². The van der Waals surface area contributed by atoms with Crippen molar-refractivity contribution in [2.45, 2.75) is 6.42 Å². The van der Waals surface area contributed by atoms with E-state index in [1.807, 2.05) is 48.5 Å². The molecule has 3 aromatic rings. The molecule has 1 amide bonds. The fraction of sp³-hybridized carbons (Fsp3) is 0.346. The van der Waals surface area contributed by atoms with Gasteiger partial charge >= 0.3 is 0 Å². The molecule has 6 nitrogen and oxygen atoms in total. The van der Waals surface area contributed by atoms with Gasteiger partial charge in [0.1, 0.15) is 11.5 Å². The van der Waals surface area contributed by atoms with Crippen molar-refractivity contribution >= 4 is 22.4 Å². The number of hydrogen-bond acceptors (Lipinski definition) is 5. The second kappa shape index (κ2) is 10.9. The van der Waals surface area contributed by atoms with E-state index in [1.54, 1.807) is 7.11 Å². The summed E-state index contributed by atoms with van der Waals surface area (Å²) in [5, 5.41) is 5.23. The van der Waals surface area contributed by atoms with E-state index >= 15 is 0 Å². The smallest absolute Gasteiger partial charge is 0.257 e. The van der Waals surface area contributed by atoms with Crippen LogP contribution < -0.4 is 19.7 Å². The second-order valence-electron chi connectivity index (χ2n) is 8.00. The van der Waals surface area contributed by atoms with E-state index in [9.17, 15) is 4.79 Å². The minimum Gasteiger partial charge on any atom is -0.495 e. The van der Waals surface area contributed by atoms with Gasteiger partial charge in [0.15, 0.2) is 6.61 Å². The lowest BCUT2D eigenvalue weighted by Gasteiger charge is -2.36. The monoisotopic (exact) mass is 433 g/mol. The summed E-state index contributed by atoms with van der Waals surface area (Å²) in [4.78, 5) is 16.9. The zero-order valence-corrected chi connectivity index (χ0v) is 18.6. The van der Waals surface area contributed by atoms with Crippen molar-refractivity contribution < 1.29 is 14.3 Å². The molecule has 1 heterocycles. The normalized spacial score (nSPS) is 14.3. The van der Waals surface area contributed by atoms with Crippen molar-refractivity contribution in [1.29, 1.82) is 0 Å². The highest BCUT2D eigenvalue weighted by Gasteiger charge is 2.19. The van der Waals surface area contributed by atoms with Gasteiger partial charge in [-0.1, -0.05) is 42.5 Å². The number of benzene rings is 3. The van der Waals surface area contributed by atoms with Gasteiger partial charge in [-0.3, -0.25) is 9.69 Å². The first kappa shape index (κ1) is 22.0. The lowest BCUT2D eigenvalue weighted by molar-refractivity contribution is -0.123. The summed E-state index contributed by atoms with van der Waals surface area (Å²) in [6.07, 6.45) is 0.927. The van der Waals surface area contributed by atoms with Crippen molar-refractivity contribution in [3.05, 3.63) is 66.7 Å². The van der Waals surface area contributed by atoms with E-state index in [0.717, 1.165) is 61.4 Å². The van der Waals surface area contributed by atoms with Crippen molar-refractivity contribution in [2.24, 2.45) is 0 Å². The molecule has 1 saturated heterocycles. The van der Waals surface area contributed by atoms with Crippen LogP contribution in [0.4, 0.5) is 5.69 Å². The highest BCUT2D eigenvalue weighted by molar-refractivity contribution is 5.84. The van der Waals surface area contributed by atoms with Gasteiger partial charge < -0.3 is 19.7 Å². The number of para-hydroxylation sites is 2. The first-order valence-corrected chi connectivity index (χ1v) is 11.2. The quantitative estimate of drug-likeness (QED) is 0.523. The number of fused-ring (bicyclic) bond motifs is 1. The molecule has 0 unspecified atom stereocenters. The Bertz CT molecular complexity index is 1030. The maximum absolute atomic E-state index is 12.1. The summed E-state index contributed by atoms with van der Waals surface area (Å²) in [5.41, 5.74) is 1.16. The molecule has 0 radical (unpaired) electrons. The van der Waals surface area contributed by atoms with Crippen molar-refractivity contribution in [3.8, 4) is 11.5 Å². The molecule has 6 heteroatoms. The molecule has 4 rings (SSSR count). The summed E-state index contributed by atoms with van der Waals surface area (Å²) in [7, 11) is 1.72. The fourth-order valence-electron chi connectivity index (χ4n) is 4.09. The first-order valence-electron chi connectivity index (χ1n) is 11.2. The number of hydrogen-bond donors (Lipinski definition) is 1. The van der Waals surface area contributed by atoms with Gasteiger partial charge in [0.05, 0.1) is 12.8 Å². The molecule has 0 saturated carbocycles. The summed E-state index contributed by atoms with van der Waals surface area (Å²) < 4.78 is 11.1. The van der Waals surface area contributed by atoms with Crippen LogP contribution in [0, 0.1) is 0 Å². The average molecular weight is 434 g/mol. The van der Waals surface area contributed by atoms with Crippen LogP contribution in [-0.2, 0) is 4.79 Å². The molecular formula is C26H31N3O3. The number of nitrogens with zero attached hydrogens (tertiary/aromatic N) is 2. The van der Waals surface area contributed by atoms with Crippen LogP contribution in [0.2, 0.25) is 0 Å². The van der Waals surface area contributed by atoms with Crippen LogP contribution in [0.5, 0.6) is 11.5 Å². The molecule has 1 aliphatic heterocycles. The third-order valence-corrected chi connectivity index (χ3v) is 5.86. The highest BCUT2D eigenvalue weighted by Crippen LogP contribution is 2.28. The number of carbonyl (C=O) groups excluding carboxylic acids is 1. The molecule has 32 heavy (non-hydrogen) atoms. The number of methoxy groups -OCH3 is 1. The third kappa shape index (κ3) is 5.71. The summed E-state index contributed by atoms with van der Waals surface area (Å²) >= 11 is 0. The van der Waals surface area contributed by atoms with Gasteiger partial charge in [0.2, 0.25) is 0 Å². The predicted octanol–water partition coefficient (Wildman–Crippen LogP) is 3.56. The van der Waals surface area contributed by atoms with Crippen molar-refractivity contribution in [3.63, 3.8) is 0 Å².